The van der Waals surface area contributed by atoms with Gasteiger partial charge in [0.1, 0.15) is 17.5 Å². The van der Waals surface area contributed by atoms with Crippen molar-refractivity contribution in [3.05, 3.63) is 100 Å². The van der Waals surface area contributed by atoms with Gasteiger partial charge in [-0.3, -0.25) is 24.5 Å². The van der Waals surface area contributed by atoms with Crippen LogP contribution in [0.2, 0.25) is 0 Å². The molecule has 3 heterocycles. The number of hydrogen-bond acceptors (Lipinski definition) is 7. The van der Waals surface area contributed by atoms with E-state index in [1.807, 2.05) is 36.4 Å². The molecule has 0 bridgehead atoms. The highest BCUT2D eigenvalue weighted by molar-refractivity contribution is 6.25. The van der Waals surface area contributed by atoms with Crippen molar-refractivity contribution in [2.75, 3.05) is 17.3 Å². The van der Waals surface area contributed by atoms with Crippen LogP contribution in [-0.2, 0) is 14.4 Å². The Morgan fingerprint density at radius 3 is 2.42 bits per heavy atom. The van der Waals surface area contributed by atoms with Crippen molar-refractivity contribution >= 4 is 40.9 Å². The van der Waals surface area contributed by atoms with Gasteiger partial charge in [0.2, 0.25) is 17.7 Å². The minimum atomic E-state index is -1.02. The molecule has 1 N–H and O–H groups in total. The lowest BCUT2D eigenvalue weighted by molar-refractivity contribution is -0.384. The predicted octanol–water partition coefficient (Wildman–Crippen LogP) is 3.76. The van der Waals surface area contributed by atoms with Crippen LogP contribution in [0.3, 0.4) is 0 Å². The second-order valence-corrected chi connectivity index (χ2v) is 9.31. The molecule has 0 aliphatic carbocycles. The van der Waals surface area contributed by atoms with Crippen molar-refractivity contribution in [2.45, 2.75) is 12.1 Å². The van der Waals surface area contributed by atoms with Gasteiger partial charge in [0.05, 0.1) is 29.9 Å². The Labute approximate surface area is 217 Å². The third-order valence-corrected chi connectivity index (χ3v) is 7.39. The van der Waals surface area contributed by atoms with E-state index in [2.05, 4.69) is 5.32 Å². The second-order valence-electron chi connectivity index (χ2n) is 9.31. The van der Waals surface area contributed by atoms with E-state index in [-0.39, 0.29) is 17.1 Å². The minimum absolute atomic E-state index is 0.0143. The Bertz CT molecular complexity index is 1520. The lowest BCUT2D eigenvalue weighted by Crippen LogP contribution is -2.46. The highest BCUT2D eigenvalue weighted by Gasteiger charge is 2.65. The van der Waals surface area contributed by atoms with E-state index in [0.717, 1.165) is 22.1 Å². The molecule has 0 aromatic heterocycles. The number of amides is 3. The Balaban J connectivity index is 1.47. The molecule has 0 radical (unpaired) electrons. The Morgan fingerprint density at radius 2 is 1.68 bits per heavy atom. The number of nitrogens with one attached hydrogen (secondary N) is 1. The summed E-state index contributed by atoms with van der Waals surface area (Å²) in [6.07, 6.45) is 3.63. The van der Waals surface area contributed by atoms with Gasteiger partial charge in [-0.15, -0.1) is 0 Å². The van der Waals surface area contributed by atoms with Crippen LogP contribution in [0.4, 0.5) is 17.1 Å². The van der Waals surface area contributed by atoms with Gasteiger partial charge >= 0.3 is 0 Å². The van der Waals surface area contributed by atoms with E-state index in [0.29, 0.717) is 5.69 Å². The van der Waals surface area contributed by atoms with Crippen molar-refractivity contribution in [3.63, 3.8) is 0 Å². The minimum Gasteiger partial charge on any atom is -0.495 e. The summed E-state index contributed by atoms with van der Waals surface area (Å²) in [5.74, 6) is -3.32. The maximum Gasteiger partial charge on any atom is 0.271 e. The Hall–Kier alpha value is -4.99. The second kappa shape index (κ2) is 8.84. The van der Waals surface area contributed by atoms with Crippen LogP contribution in [-0.4, -0.2) is 40.7 Å². The fourth-order valence-corrected chi connectivity index (χ4v) is 5.80. The summed E-state index contributed by atoms with van der Waals surface area (Å²) >= 11 is 0. The number of imide groups is 1. The zero-order valence-corrected chi connectivity index (χ0v) is 20.2. The number of hydrogen-bond donors (Lipinski definition) is 1. The lowest BCUT2D eigenvalue weighted by Gasteiger charge is -2.35. The number of ether oxygens (including phenoxy) is 1. The molecule has 3 aliphatic rings. The molecule has 3 aromatic rings. The summed E-state index contributed by atoms with van der Waals surface area (Å²) in [5.41, 5.74) is 1.98. The average Bonchev–Trinajstić information content (AvgIpc) is 3.41. The Morgan fingerprint density at radius 1 is 0.974 bits per heavy atom. The van der Waals surface area contributed by atoms with Gasteiger partial charge in [-0.05, 0) is 35.4 Å². The first-order valence-corrected chi connectivity index (χ1v) is 12.0. The van der Waals surface area contributed by atoms with Crippen molar-refractivity contribution in [1.29, 1.82) is 0 Å². The SMILES string of the molecule is COc1ccc([N+](=O)[O-])cc1N1C(=O)[C@@H]2[C@H](C1=O)[C@@H]1c3ccccc3C=CN1[C@H]2C(=O)Nc1ccccc1. The highest BCUT2D eigenvalue weighted by atomic mass is 16.6. The van der Waals surface area contributed by atoms with Gasteiger partial charge in [0, 0.05) is 24.0 Å². The molecule has 3 amide bonds. The van der Waals surface area contributed by atoms with Gasteiger partial charge < -0.3 is 15.0 Å². The van der Waals surface area contributed by atoms with Crippen LogP contribution in [0, 0.1) is 22.0 Å². The van der Waals surface area contributed by atoms with Crippen molar-refractivity contribution in [3.8, 4) is 5.75 Å². The molecular weight excluding hydrogens is 488 g/mol. The lowest BCUT2D eigenvalue weighted by atomic mass is 9.84. The number of para-hydroxylation sites is 1. The summed E-state index contributed by atoms with van der Waals surface area (Å²) in [6.45, 7) is 0. The molecule has 38 heavy (non-hydrogen) atoms. The van der Waals surface area contributed by atoms with E-state index in [1.54, 1.807) is 35.4 Å². The first-order valence-electron chi connectivity index (χ1n) is 12.0. The molecule has 0 saturated carbocycles. The summed E-state index contributed by atoms with van der Waals surface area (Å²) in [7, 11) is 1.36. The number of rotatable bonds is 5. The summed E-state index contributed by atoms with van der Waals surface area (Å²) in [5, 5.41) is 14.4. The largest absolute Gasteiger partial charge is 0.495 e. The van der Waals surface area contributed by atoms with Crippen LogP contribution in [0.5, 0.6) is 5.75 Å². The van der Waals surface area contributed by atoms with Crippen LogP contribution in [0.15, 0.2) is 79.0 Å². The molecule has 190 valence electrons. The third-order valence-electron chi connectivity index (χ3n) is 7.39. The number of methoxy groups -OCH3 is 1. The van der Waals surface area contributed by atoms with Crippen molar-refractivity contribution < 1.29 is 24.0 Å². The van der Waals surface area contributed by atoms with E-state index < -0.39 is 46.6 Å². The fourth-order valence-electron chi connectivity index (χ4n) is 5.80. The van der Waals surface area contributed by atoms with E-state index in [1.165, 1.54) is 19.2 Å². The average molecular weight is 511 g/mol. The topological polar surface area (TPSA) is 122 Å². The number of nitro benzene ring substituents is 1. The van der Waals surface area contributed by atoms with Crippen LogP contribution < -0.4 is 15.0 Å². The predicted molar refractivity (Wildman–Crippen MR) is 138 cm³/mol. The number of fused-ring (bicyclic) bond motifs is 5. The van der Waals surface area contributed by atoms with Crippen LogP contribution in [0.1, 0.15) is 17.2 Å². The molecule has 3 aliphatic heterocycles. The number of carbonyl (C=O) groups is 3. The third kappa shape index (κ3) is 3.45. The van der Waals surface area contributed by atoms with E-state index in [4.69, 9.17) is 4.74 Å². The smallest absolute Gasteiger partial charge is 0.271 e. The molecule has 3 aromatic carbocycles. The fraction of sp³-hybridized carbons (Fsp3) is 0.179. The maximum absolute atomic E-state index is 14.0. The number of nitro groups is 1. The van der Waals surface area contributed by atoms with Gasteiger partial charge in [-0.2, -0.15) is 0 Å². The maximum atomic E-state index is 14.0. The van der Waals surface area contributed by atoms with Gasteiger partial charge in [-0.1, -0.05) is 42.5 Å². The van der Waals surface area contributed by atoms with Gasteiger partial charge in [-0.25, -0.2) is 4.90 Å². The molecular formula is C28H22N4O6. The summed E-state index contributed by atoms with van der Waals surface area (Å²) < 4.78 is 5.36. The molecule has 10 nitrogen and oxygen atoms in total. The molecule has 2 saturated heterocycles. The highest BCUT2D eigenvalue weighted by Crippen LogP contribution is 2.54. The van der Waals surface area contributed by atoms with Gasteiger partial charge in [0.25, 0.3) is 5.69 Å². The normalized spacial score (nSPS) is 23.1. The molecule has 2 fully saturated rings. The number of benzene rings is 3. The molecule has 0 spiro atoms. The standard InChI is InChI=1S/C28H22N4O6/c1-38-21-12-11-18(32(36)37)15-20(21)31-27(34)22-23(28(31)35)25(26(33)29-17-8-3-2-4-9-17)30-14-13-16-7-5-6-10-19(16)24(22)30/h2-15,22-25H,1H3,(H,29,33)/t22-,23+,24-,25+/m0/s1. The summed E-state index contributed by atoms with van der Waals surface area (Å²) in [6, 6.07) is 18.6. The summed E-state index contributed by atoms with van der Waals surface area (Å²) in [4.78, 5) is 55.4. The number of non-ortho nitro benzene ring substituents is 1. The van der Waals surface area contributed by atoms with Gasteiger partial charge in [0.15, 0.2) is 0 Å². The molecule has 0 unspecified atom stereocenters. The number of anilines is 2. The number of nitrogens with zero attached hydrogens (tertiary/aromatic N) is 3. The molecule has 4 atom stereocenters. The first kappa shape index (κ1) is 23.4. The number of carbonyl (C=O) groups excluding carboxylic acids is 3. The quantitative estimate of drug-likeness (QED) is 0.315. The zero-order chi connectivity index (χ0) is 26.6. The first-order chi connectivity index (χ1) is 18.4. The van der Waals surface area contributed by atoms with E-state index >= 15 is 0 Å². The monoisotopic (exact) mass is 510 g/mol. The van der Waals surface area contributed by atoms with Crippen molar-refractivity contribution in [2.24, 2.45) is 11.8 Å². The molecule has 6 rings (SSSR count). The molecule has 10 heteroatoms. The Kier molecular flexibility index (Phi) is 5.45. The van der Waals surface area contributed by atoms with Crippen molar-refractivity contribution in [1.82, 2.24) is 4.90 Å². The van der Waals surface area contributed by atoms with Crippen LogP contribution in [0.25, 0.3) is 6.08 Å². The van der Waals surface area contributed by atoms with E-state index in [9.17, 15) is 24.5 Å². The van der Waals surface area contributed by atoms with Crippen LogP contribution >= 0.6 is 0 Å². The zero-order valence-electron chi connectivity index (χ0n) is 20.2.